The van der Waals surface area contributed by atoms with E-state index in [1.807, 2.05) is 6.92 Å². The van der Waals surface area contributed by atoms with Crippen molar-refractivity contribution in [1.82, 2.24) is 9.88 Å². The number of pyridine rings is 1. The van der Waals surface area contributed by atoms with E-state index in [2.05, 4.69) is 33.8 Å². The maximum atomic E-state index is 13.8. The summed E-state index contributed by atoms with van der Waals surface area (Å²) in [6, 6.07) is 2.11. The van der Waals surface area contributed by atoms with Crippen molar-refractivity contribution >= 4 is 43.4 Å². The van der Waals surface area contributed by atoms with Crippen LogP contribution < -0.4 is 0 Å². The van der Waals surface area contributed by atoms with Crippen molar-refractivity contribution in [3.05, 3.63) is 26.7 Å². The molecule has 0 unspecified atom stereocenters. The summed E-state index contributed by atoms with van der Waals surface area (Å²) in [6.45, 7) is 4.14. The molecule has 5 heteroatoms. The lowest BCUT2D eigenvalue weighted by Crippen LogP contribution is -2.30. The predicted molar refractivity (Wildman–Crippen MR) is 115 cm³/mol. The number of aromatic nitrogens is 1. The number of hydrogen-bond acceptors (Lipinski definition) is 3. The van der Waals surface area contributed by atoms with Crippen LogP contribution in [0.15, 0.2) is 10.5 Å². The molecular weight excluding hydrogens is 420 g/mol. The van der Waals surface area contributed by atoms with Gasteiger partial charge in [0.25, 0.3) is 5.91 Å². The summed E-state index contributed by atoms with van der Waals surface area (Å²) in [6.07, 6.45) is 12.6. The monoisotopic (exact) mass is 446 g/mol. The molecule has 0 bridgehead atoms. The number of fused-ring (bicyclic) bond motifs is 2. The van der Waals surface area contributed by atoms with E-state index < -0.39 is 0 Å². The fourth-order valence-corrected chi connectivity index (χ4v) is 8.40. The molecule has 5 rings (SSSR count). The van der Waals surface area contributed by atoms with Crippen molar-refractivity contribution in [2.75, 3.05) is 0 Å². The van der Waals surface area contributed by atoms with Gasteiger partial charge in [-0.05, 0) is 67.1 Å². The van der Waals surface area contributed by atoms with E-state index in [9.17, 15) is 4.79 Å². The molecule has 2 aromatic rings. The van der Waals surface area contributed by atoms with Gasteiger partial charge in [-0.15, -0.1) is 11.3 Å². The summed E-state index contributed by atoms with van der Waals surface area (Å²) in [5, 5.41) is 1.12. The molecule has 2 aromatic heterocycles. The number of thiophene rings is 1. The van der Waals surface area contributed by atoms with Crippen LogP contribution in [0.1, 0.15) is 85.1 Å². The van der Waals surface area contributed by atoms with Gasteiger partial charge in [-0.1, -0.05) is 38.5 Å². The van der Waals surface area contributed by atoms with Crippen molar-refractivity contribution in [3.8, 4) is 0 Å². The number of rotatable bonds is 1. The Labute approximate surface area is 173 Å². The molecule has 1 aliphatic heterocycles. The fourth-order valence-electron chi connectivity index (χ4n) is 6.24. The molecule has 3 fully saturated rings. The first kappa shape index (κ1) is 18.1. The molecule has 2 aliphatic carbocycles. The van der Waals surface area contributed by atoms with Gasteiger partial charge in [0.15, 0.2) is 0 Å². The molecule has 1 saturated heterocycles. The van der Waals surface area contributed by atoms with Gasteiger partial charge in [0, 0.05) is 11.1 Å². The molecule has 0 aromatic carbocycles. The number of carbonyl (C=O) groups is 1. The maximum Gasteiger partial charge on any atom is 0.266 e. The van der Waals surface area contributed by atoms with Gasteiger partial charge >= 0.3 is 0 Å². The van der Waals surface area contributed by atoms with Gasteiger partial charge in [0.2, 0.25) is 0 Å². The number of nitrogens with zero attached hydrogens (tertiary/aromatic N) is 2. The topological polar surface area (TPSA) is 33.0 Å². The Morgan fingerprint density at radius 1 is 1.04 bits per heavy atom. The molecule has 0 radical (unpaired) electrons. The molecule has 3 heterocycles. The molecule has 1 amide bonds. The van der Waals surface area contributed by atoms with Gasteiger partial charge in [0.1, 0.15) is 9.71 Å². The minimum Gasteiger partial charge on any atom is -0.322 e. The first-order valence-electron chi connectivity index (χ1n) is 10.4. The predicted octanol–water partition coefficient (Wildman–Crippen LogP) is 6.54. The molecule has 144 valence electrons. The highest BCUT2D eigenvalue weighted by atomic mass is 79.9. The highest BCUT2D eigenvalue weighted by Gasteiger charge is 2.75. The van der Waals surface area contributed by atoms with E-state index in [1.54, 1.807) is 11.3 Å². The van der Waals surface area contributed by atoms with E-state index in [-0.39, 0.29) is 17.0 Å². The average Bonchev–Trinajstić information content (AvgIpc) is 2.97. The zero-order valence-corrected chi connectivity index (χ0v) is 18.6. The van der Waals surface area contributed by atoms with Crippen LogP contribution in [0.25, 0.3) is 10.2 Å². The number of aryl methyl sites for hydroxylation is 2. The molecule has 2 saturated carbocycles. The Balaban J connectivity index is 1.58. The first-order valence-corrected chi connectivity index (χ1v) is 12.0. The number of amides is 1. The standard InChI is InChI=1S/C22H27BrN2OS/c1-14-13-15(2)24-19-16(14)17(23)18(27-19)20(26)25-21(9-5-3-6-10-21)22(25)11-7-4-8-12-22/h13H,3-12H2,1-2H3. The van der Waals surface area contributed by atoms with Gasteiger partial charge < -0.3 is 4.90 Å². The molecule has 0 atom stereocenters. The normalized spacial score (nSPS) is 23.3. The molecule has 27 heavy (non-hydrogen) atoms. The lowest BCUT2D eigenvalue weighted by atomic mass is 9.73. The second-order valence-electron chi connectivity index (χ2n) is 8.83. The van der Waals surface area contributed by atoms with Crippen molar-refractivity contribution in [2.45, 2.75) is 89.1 Å². The van der Waals surface area contributed by atoms with Crippen molar-refractivity contribution in [2.24, 2.45) is 0 Å². The minimum absolute atomic E-state index is 0.150. The largest absolute Gasteiger partial charge is 0.322 e. The Hall–Kier alpha value is -0.940. The SMILES string of the molecule is Cc1cc(C)c2c(Br)c(C(=O)N3C4(CCCCC4)C34CCCCC4)sc2n1. The third kappa shape index (κ3) is 2.43. The van der Waals surface area contributed by atoms with Crippen LogP contribution in [-0.4, -0.2) is 26.9 Å². The minimum atomic E-state index is 0.150. The van der Waals surface area contributed by atoms with E-state index in [0.717, 1.165) is 25.3 Å². The number of hydrogen-bond donors (Lipinski definition) is 0. The van der Waals surface area contributed by atoms with Crippen molar-refractivity contribution < 1.29 is 4.79 Å². The van der Waals surface area contributed by atoms with Crippen LogP contribution in [0.3, 0.4) is 0 Å². The Morgan fingerprint density at radius 3 is 2.15 bits per heavy atom. The van der Waals surface area contributed by atoms with E-state index in [1.165, 1.54) is 69.8 Å². The van der Waals surface area contributed by atoms with Crippen molar-refractivity contribution in [3.63, 3.8) is 0 Å². The zero-order chi connectivity index (χ0) is 18.8. The summed E-state index contributed by atoms with van der Waals surface area (Å²) >= 11 is 5.35. The lowest BCUT2D eigenvalue weighted by molar-refractivity contribution is 0.0819. The summed E-state index contributed by atoms with van der Waals surface area (Å²) in [5.74, 6) is 0.255. The summed E-state index contributed by atoms with van der Waals surface area (Å²) in [7, 11) is 0. The van der Waals surface area contributed by atoms with E-state index in [4.69, 9.17) is 4.98 Å². The zero-order valence-electron chi connectivity index (χ0n) is 16.2. The van der Waals surface area contributed by atoms with Crippen LogP contribution >= 0.6 is 27.3 Å². The highest BCUT2D eigenvalue weighted by molar-refractivity contribution is 9.10. The van der Waals surface area contributed by atoms with Gasteiger partial charge in [-0.2, -0.15) is 0 Å². The maximum absolute atomic E-state index is 13.8. The molecule has 3 aliphatic rings. The molecule has 2 spiro atoms. The first-order chi connectivity index (χ1) is 13.0. The summed E-state index contributed by atoms with van der Waals surface area (Å²) in [5.41, 5.74) is 2.52. The van der Waals surface area contributed by atoms with E-state index in [0.29, 0.717) is 0 Å². The Kier molecular flexibility index (Phi) is 4.21. The third-order valence-corrected chi connectivity index (χ3v) is 9.49. The molecular formula is C22H27BrN2OS. The summed E-state index contributed by atoms with van der Waals surface area (Å²) in [4.78, 5) is 22.7. The second kappa shape index (κ2) is 6.28. The Bertz CT molecular complexity index is 898. The van der Waals surface area contributed by atoms with Crippen LogP contribution in [0, 0.1) is 13.8 Å². The van der Waals surface area contributed by atoms with Crippen LogP contribution in [-0.2, 0) is 0 Å². The second-order valence-corrected chi connectivity index (χ2v) is 10.6. The van der Waals surface area contributed by atoms with Crippen molar-refractivity contribution in [1.29, 1.82) is 0 Å². The molecule has 0 N–H and O–H groups in total. The highest BCUT2D eigenvalue weighted by Crippen LogP contribution is 2.66. The van der Waals surface area contributed by atoms with Gasteiger partial charge in [-0.25, -0.2) is 4.98 Å². The van der Waals surface area contributed by atoms with Gasteiger partial charge in [0.05, 0.1) is 15.6 Å². The van der Waals surface area contributed by atoms with E-state index >= 15 is 0 Å². The lowest BCUT2D eigenvalue weighted by Gasteiger charge is -2.27. The number of carbonyl (C=O) groups excluding carboxylic acids is 1. The van der Waals surface area contributed by atoms with Crippen LogP contribution in [0.5, 0.6) is 0 Å². The smallest absolute Gasteiger partial charge is 0.266 e. The average molecular weight is 447 g/mol. The van der Waals surface area contributed by atoms with Crippen LogP contribution in [0.4, 0.5) is 0 Å². The Morgan fingerprint density at radius 2 is 1.59 bits per heavy atom. The quantitative estimate of drug-likeness (QED) is 0.465. The number of halogens is 1. The third-order valence-electron chi connectivity index (χ3n) is 7.36. The van der Waals surface area contributed by atoms with Crippen LogP contribution in [0.2, 0.25) is 0 Å². The van der Waals surface area contributed by atoms with Gasteiger partial charge in [-0.3, -0.25) is 4.79 Å². The fraction of sp³-hybridized carbons (Fsp3) is 0.636. The summed E-state index contributed by atoms with van der Waals surface area (Å²) < 4.78 is 0.960. The molecule has 3 nitrogen and oxygen atoms in total.